The average molecular weight is 387 g/mol. The van der Waals surface area contributed by atoms with Crippen LogP contribution in [-0.2, 0) is 14.6 Å². The SMILES string of the molecule is CCCC(=O)N=C1S[C@H]2CS(=O)(=O)C[C@H]2N1c1cc(Cl)ccc1C. The lowest BCUT2D eigenvalue weighted by Crippen LogP contribution is -2.38. The summed E-state index contributed by atoms with van der Waals surface area (Å²) >= 11 is 7.53. The van der Waals surface area contributed by atoms with Crippen LogP contribution in [0.3, 0.4) is 0 Å². The highest BCUT2D eigenvalue weighted by atomic mass is 35.5. The van der Waals surface area contributed by atoms with Gasteiger partial charge in [-0.3, -0.25) is 4.79 Å². The van der Waals surface area contributed by atoms with Crippen LogP contribution in [0.4, 0.5) is 5.69 Å². The van der Waals surface area contributed by atoms with E-state index in [0.29, 0.717) is 16.6 Å². The maximum Gasteiger partial charge on any atom is 0.248 e. The van der Waals surface area contributed by atoms with E-state index in [1.807, 2.05) is 30.9 Å². The molecule has 2 aliphatic rings. The average Bonchev–Trinajstić information content (AvgIpc) is 2.93. The molecule has 8 heteroatoms. The van der Waals surface area contributed by atoms with Crippen molar-refractivity contribution < 1.29 is 13.2 Å². The number of halogens is 1. The molecular weight excluding hydrogens is 368 g/mol. The minimum absolute atomic E-state index is 0.0810. The van der Waals surface area contributed by atoms with E-state index in [4.69, 9.17) is 11.6 Å². The fourth-order valence-electron chi connectivity index (χ4n) is 3.06. The van der Waals surface area contributed by atoms with Gasteiger partial charge in [-0.15, -0.1) is 0 Å². The summed E-state index contributed by atoms with van der Waals surface area (Å²) in [7, 11) is -3.07. The maximum absolute atomic E-state index is 12.0. The molecule has 1 amide bonds. The van der Waals surface area contributed by atoms with Gasteiger partial charge in [0.25, 0.3) is 0 Å². The third kappa shape index (κ3) is 3.48. The summed E-state index contributed by atoms with van der Waals surface area (Å²) in [5.74, 6) is 0.0318. The molecule has 5 nitrogen and oxygen atoms in total. The van der Waals surface area contributed by atoms with Crippen molar-refractivity contribution in [2.75, 3.05) is 16.4 Å². The van der Waals surface area contributed by atoms with Crippen LogP contribution in [0.5, 0.6) is 0 Å². The number of nitrogens with zero attached hydrogens (tertiary/aromatic N) is 2. The maximum atomic E-state index is 12.0. The topological polar surface area (TPSA) is 66.8 Å². The first-order chi connectivity index (χ1) is 11.3. The Kier molecular flexibility index (Phi) is 4.95. The zero-order chi connectivity index (χ0) is 17.5. The number of hydrogen-bond acceptors (Lipinski definition) is 4. The molecule has 0 N–H and O–H groups in total. The molecule has 3 rings (SSSR count). The van der Waals surface area contributed by atoms with Crippen molar-refractivity contribution in [3.05, 3.63) is 28.8 Å². The first-order valence-electron chi connectivity index (χ1n) is 7.84. The Morgan fingerprint density at radius 2 is 2.17 bits per heavy atom. The van der Waals surface area contributed by atoms with Crippen LogP contribution in [-0.4, -0.2) is 42.3 Å². The molecule has 0 bridgehead atoms. The second-order valence-corrected chi connectivity index (χ2v) is 9.94. The van der Waals surface area contributed by atoms with Gasteiger partial charge in [0.05, 0.1) is 17.5 Å². The van der Waals surface area contributed by atoms with Crippen LogP contribution in [0.15, 0.2) is 23.2 Å². The summed E-state index contributed by atoms with van der Waals surface area (Å²) in [6, 6.07) is 5.30. The third-order valence-corrected chi connectivity index (χ3v) is 7.63. The summed E-state index contributed by atoms with van der Waals surface area (Å²) < 4.78 is 24.1. The quantitative estimate of drug-likeness (QED) is 0.798. The first-order valence-corrected chi connectivity index (χ1v) is 10.9. The summed E-state index contributed by atoms with van der Waals surface area (Å²) in [5, 5.41) is 1.06. The van der Waals surface area contributed by atoms with Gasteiger partial charge in [-0.25, -0.2) is 8.42 Å². The Bertz CT molecular complexity index is 808. The van der Waals surface area contributed by atoms with Gasteiger partial charge in [-0.1, -0.05) is 36.4 Å². The Morgan fingerprint density at radius 1 is 1.42 bits per heavy atom. The number of sulfone groups is 1. The molecular formula is C16H19ClN2O3S2. The van der Waals surface area contributed by atoms with Crippen LogP contribution in [0, 0.1) is 6.92 Å². The summed E-state index contributed by atoms with van der Waals surface area (Å²) in [6.45, 7) is 3.87. The van der Waals surface area contributed by atoms with Crippen LogP contribution < -0.4 is 4.90 Å². The molecule has 2 fully saturated rings. The Morgan fingerprint density at radius 3 is 2.88 bits per heavy atom. The number of fused-ring (bicyclic) bond motifs is 1. The molecule has 0 aromatic heterocycles. The molecule has 2 heterocycles. The number of hydrogen-bond donors (Lipinski definition) is 0. The molecule has 0 saturated carbocycles. The molecule has 2 aliphatic heterocycles. The van der Waals surface area contributed by atoms with Crippen molar-refractivity contribution in [2.24, 2.45) is 4.99 Å². The summed E-state index contributed by atoms with van der Waals surface area (Å²) in [6.07, 6.45) is 1.12. The van der Waals surface area contributed by atoms with Crippen molar-refractivity contribution >= 4 is 50.0 Å². The van der Waals surface area contributed by atoms with Gasteiger partial charge in [0.2, 0.25) is 5.91 Å². The Hall–Kier alpha value is -1.05. The van der Waals surface area contributed by atoms with E-state index < -0.39 is 9.84 Å². The molecule has 0 aliphatic carbocycles. The van der Waals surface area contributed by atoms with Crippen molar-refractivity contribution in [3.8, 4) is 0 Å². The van der Waals surface area contributed by atoms with Crippen molar-refractivity contribution in [1.82, 2.24) is 0 Å². The minimum atomic E-state index is -3.07. The normalized spacial score (nSPS) is 26.8. The van der Waals surface area contributed by atoms with E-state index in [0.717, 1.165) is 17.7 Å². The predicted molar refractivity (Wildman–Crippen MR) is 99.8 cm³/mol. The number of anilines is 1. The van der Waals surface area contributed by atoms with E-state index in [-0.39, 0.29) is 28.7 Å². The van der Waals surface area contributed by atoms with Gasteiger partial charge in [0, 0.05) is 22.4 Å². The standard InChI is InChI=1S/C16H19ClN2O3S2/c1-3-4-15(20)18-16-19(12-7-11(17)6-5-10(12)2)13-8-24(21,22)9-14(13)23-16/h5-7,13-14H,3-4,8-9H2,1-2H3/t13-,14+/m1/s1. The van der Waals surface area contributed by atoms with Gasteiger partial charge in [-0.05, 0) is 31.0 Å². The highest BCUT2D eigenvalue weighted by molar-refractivity contribution is 8.16. The third-order valence-electron chi connectivity index (χ3n) is 4.18. The lowest BCUT2D eigenvalue weighted by Gasteiger charge is -2.26. The smallest absolute Gasteiger partial charge is 0.248 e. The minimum Gasteiger partial charge on any atom is -0.315 e. The fourth-order valence-corrected chi connectivity index (χ4v) is 7.16. The molecule has 1 aromatic carbocycles. The molecule has 24 heavy (non-hydrogen) atoms. The first kappa shape index (κ1) is 17.8. The highest BCUT2D eigenvalue weighted by Crippen LogP contribution is 2.42. The Labute approximate surface area is 151 Å². The molecule has 1 aromatic rings. The number of aryl methyl sites for hydroxylation is 1. The second kappa shape index (κ2) is 6.69. The van der Waals surface area contributed by atoms with E-state index in [1.165, 1.54) is 11.8 Å². The number of carbonyl (C=O) groups is 1. The second-order valence-electron chi connectivity index (χ2n) is 6.14. The lowest BCUT2D eigenvalue weighted by molar-refractivity contribution is -0.117. The van der Waals surface area contributed by atoms with Crippen LogP contribution >= 0.6 is 23.4 Å². The van der Waals surface area contributed by atoms with Gasteiger partial charge in [-0.2, -0.15) is 4.99 Å². The number of thioether (sulfide) groups is 1. The van der Waals surface area contributed by atoms with Gasteiger partial charge < -0.3 is 4.90 Å². The molecule has 0 unspecified atom stereocenters. The molecule has 0 radical (unpaired) electrons. The predicted octanol–water partition coefficient (Wildman–Crippen LogP) is 3.05. The summed E-state index contributed by atoms with van der Waals surface area (Å²) in [5.41, 5.74) is 1.79. The number of amides is 1. The molecule has 2 atom stereocenters. The molecule has 0 spiro atoms. The number of carbonyl (C=O) groups excluding carboxylic acids is 1. The zero-order valence-corrected chi connectivity index (χ0v) is 15.9. The summed E-state index contributed by atoms with van der Waals surface area (Å²) in [4.78, 5) is 18.2. The molecule has 2 saturated heterocycles. The van der Waals surface area contributed by atoms with Gasteiger partial charge in [0.15, 0.2) is 15.0 Å². The highest BCUT2D eigenvalue weighted by Gasteiger charge is 2.49. The van der Waals surface area contributed by atoms with Crippen LogP contribution in [0.25, 0.3) is 0 Å². The van der Waals surface area contributed by atoms with E-state index >= 15 is 0 Å². The van der Waals surface area contributed by atoms with Crippen LogP contribution in [0.1, 0.15) is 25.3 Å². The Balaban J connectivity index is 2.04. The monoisotopic (exact) mass is 386 g/mol. The zero-order valence-electron chi connectivity index (χ0n) is 13.5. The van der Waals surface area contributed by atoms with Crippen molar-refractivity contribution in [3.63, 3.8) is 0 Å². The number of aliphatic imine (C=N–C) groups is 1. The van der Waals surface area contributed by atoms with Gasteiger partial charge in [0.1, 0.15) is 0 Å². The van der Waals surface area contributed by atoms with Crippen molar-refractivity contribution in [1.29, 1.82) is 0 Å². The number of rotatable bonds is 3. The van der Waals surface area contributed by atoms with E-state index in [2.05, 4.69) is 4.99 Å². The van der Waals surface area contributed by atoms with E-state index in [1.54, 1.807) is 6.07 Å². The largest absolute Gasteiger partial charge is 0.315 e. The number of amidine groups is 1. The molecule has 130 valence electrons. The van der Waals surface area contributed by atoms with Gasteiger partial charge >= 0.3 is 0 Å². The lowest BCUT2D eigenvalue weighted by atomic mass is 10.1. The van der Waals surface area contributed by atoms with Crippen molar-refractivity contribution in [2.45, 2.75) is 38.0 Å². The number of benzene rings is 1. The fraction of sp³-hybridized carbons (Fsp3) is 0.500. The van der Waals surface area contributed by atoms with Crippen LogP contribution in [0.2, 0.25) is 5.02 Å². The van der Waals surface area contributed by atoms with E-state index in [9.17, 15) is 13.2 Å².